The Kier molecular flexibility index (Phi) is 3.42. The summed E-state index contributed by atoms with van der Waals surface area (Å²) in [4.78, 5) is 14.8. The van der Waals surface area contributed by atoms with Crippen molar-refractivity contribution in [3.63, 3.8) is 0 Å². The Bertz CT molecular complexity index is 569. The predicted octanol–water partition coefficient (Wildman–Crippen LogP) is 2.78. The van der Waals surface area contributed by atoms with Gasteiger partial charge in [-0.3, -0.25) is 0 Å². The fourth-order valence-electron chi connectivity index (χ4n) is 1.64. The summed E-state index contributed by atoms with van der Waals surface area (Å²) in [5, 5.41) is 3.32. The van der Waals surface area contributed by atoms with Crippen LogP contribution < -0.4 is 5.32 Å². The molecule has 0 aromatic carbocycles. The second-order valence-electron chi connectivity index (χ2n) is 4.53. The molecule has 0 saturated carbocycles. The molecular formula is C11H17N5S. The lowest BCUT2D eigenvalue weighted by molar-refractivity contribution is 0.606. The Morgan fingerprint density at radius 3 is 2.76 bits per heavy atom. The fourth-order valence-corrected chi connectivity index (χ4v) is 1.84. The number of nitrogens with zero attached hydrogens (tertiary/aromatic N) is 2. The van der Waals surface area contributed by atoms with E-state index >= 15 is 0 Å². The van der Waals surface area contributed by atoms with Crippen molar-refractivity contribution in [1.29, 1.82) is 0 Å². The molecule has 0 aliphatic rings. The molecule has 2 rings (SSSR count). The van der Waals surface area contributed by atoms with Crippen LogP contribution in [0.2, 0.25) is 0 Å². The number of nitrogens with one attached hydrogen (secondary N) is 3. The third kappa shape index (κ3) is 2.82. The zero-order valence-electron chi connectivity index (χ0n) is 10.3. The van der Waals surface area contributed by atoms with Crippen molar-refractivity contribution in [2.24, 2.45) is 5.92 Å². The highest BCUT2D eigenvalue weighted by molar-refractivity contribution is 7.71. The number of anilines is 1. The van der Waals surface area contributed by atoms with Gasteiger partial charge in [-0.15, -0.1) is 0 Å². The first-order valence-corrected chi connectivity index (χ1v) is 6.17. The number of aryl methyl sites for hydroxylation is 1. The SMILES string of the molecule is Cc1nc(NCCC(C)C)c2[nH]c(=S)[nH]c2n1. The molecule has 2 heterocycles. The average molecular weight is 251 g/mol. The van der Waals surface area contributed by atoms with Crippen molar-refractivity contribution in [3.8, 4) is 0 Å². The highest BCUT2D eigenvalue weighted by Crippen LogP contribution is 2.17. The van der Waals surface area contributed by atoms with E-state index in [2.05, 4.69) is 39.1 Å². The summed E-state index contributed by atoms with van der Waals surface area (Å²) in [6.07, 6.45) is 1.11. The van der Waals surface area contributed by atoms with Crippen LogP contribution in [0.15, 0.2) is 0 Å². The molecule has 3 N–H and O–H groups in total. The molecule has 6 heteroatoms. The standard InChI is InChI=1S/C11H17N5S/c1-6(2)4-5-12-9-8-10(14-7(3)13-9)16-11(17)15-8/h6H,4-5H2,1-3H3,(H3,12,13,14,15,16,17). The van der Waals surface area contributed by atoms with E-state index in [1.807, 2.05) is 6.92 Å². The van der Waals surface area contributed by atoms with Gasteiger partial charge in [0.2, 0.25) is 0 Å². The van der Waals surface area contributed by atoms with E-state index in [-0.39, 0.29) is 0 Å². The van der Waals surface area contributed by atoms with Crippen LogP contribution in [0, 0.1) is 17.6 Å². The third-order valence-corrected chi connectivity index (χ3v) is 2.71. The van der Waals surface area contributed by atoms with Crippen LogP contribution in [0.5, 0.6) is 0 Å². The molecule has 2 aromatic rings. The molecule has 17 heavy (non-hydrogen) atoms. The molecule has 0 atom stereocenters. The van der Waals surface area contributed by atoms with Crippen LogP contribution in [-0.2, 0) is 0 Å². The minimum Gasteiger partial charge on any atom is -0.368 e. The van der Waals surface area contributed by atoms with Crippen LogP contribution in [0.4, 0.5) is 5.82 Å². The van der Waals surface area contributed by atoms with Crippen molar-refractivity contribution < 1.29 is 0 Å². The maximum absolute atomic E-state index is 5.06. The van der Waals surface area contributed by atoms with Crippen LogP contribution in [0.3, 0.4) is 0 Å². The zero-order chi connectivity index (χ0) is 12.4. The zero-order valence-corrected chi connectivity index (χ0v) is 11.1. The lowest BCUT2D eigenvalue weighted by Gasteiger charge is -2.08. The molecule has 0 unspecified atom stereocenters. The molecule has 0 aliphatic heterocycles. The quantitative estimate of drug-likeness (QED) is 0.731. The van der Waals surface area contributed by atoms with E-state index in [1.165, 1.54) is 0 Å². The van der Waals surface area contributed by atoms with Gasteiger partial charge in [-0.25, -0.2) is 9.97 Å². The van der Waals surface area contributed by atoms with E-state index in [1.54, 1.807) is 0 Å². The molecule has 0 spiro atoms. The summed E-state index contributed by atoms with van der Waals surface area (Å²) in [5.41, 5.74) is 1.61. The first-order valence-electron chi connectivity index (χ1n) is 5.77. The molecule has 92 valence electrons. The normalized spacial score (nSPS) is 11.3. The number of imidazole rings is 1. The van der Waals surface area contributed by atoms with Gasteiger partial charge >= 0.3 is 0 Å². The van der Waals surface area contributed by atoms with E-state index in [0.717, 1.165) is 35.8 Å². The van der Waals surface area contributed by atoms with Crippen LogP contribution in [-0.4, -0.2) is 26.5 Å². The third-order valence-electron chi connectivity index (χ3n) is 2.51. The Morgan fingerprint density at radius 2 is 2.06 bits per heavy atom. The van der Waals surface area contributed by atoms with Gasteiger partial charge < -0.3 is 15.3 Å². The largest absolute Gasteiger partial charge is 0.368 e. The Hall–Kier alpha value is -1.43. The van der Waals surface area contributed by atoms with Gasteiger partial charge in [0, 0.05) is 6.54 Å². The van der Waals surface area contributed by atoms with Gasteiger partial charge in [-0.2, -0.15) is 0 Å². The van der Waals surface area contributed by atoms with Crippen molar-refractivity contribution in [3.05, 3.63) is 10.6 Å². The molecule has 0 aliphatic carbocycles. The van der Waals surface area contributed by atoms with Crippen molar-refractivity contribution in [1.82, 2.24) is 19.9 Å². The maximum atomic E-state index is 5.06. The maximum Gasteiger partial charge on any atom is 0.176 e. The Labute approximate surface area is 105 Å². The Balaban J connectivity index is 2.28. The fraction of sp³-hybridized carbons (Fsp3) is 0.545. The van der Waals surface area contributed by atoms with E-state index in [4.69, 9.17) is 12.2 Å². The van der Waals surface area contributed by atoms with E-state index in [9.17, 15) is 0 Å². The minimum absolute atomic E-state index is 0.576. The average Bonchev–Trinajstić information content (AvgIpc) is 2.57. The molecule has 2 aromatic heterocycles. The highest BCUT2D eigenvalue weighted by atomic mass is 32.1. The smallest absolute Gasteiger partial charge is 0.176 e. The number of aromatic nitrogens is 4. The molecule has 0 bridgehead atoms. The Morgan fingerprint density at radius 1 is 1.29 bits per heavy atom. The number of aromatic amines is 2. The van der Waals surface area contributed by atoms with E-state index in [0.29, 0.717) is 10.7 Å². The number of rotatable bonds is 4. The van der Waals surface area contributed by atoms with E-state index < -0.39 is 0 Å². The monoisotopic (exact) mass is 251 g/mol. The van der Waals surface area contributed by atoms with Gasteiger partial charge in [0.05, 0.1) is 0 Å². The van der Waals surface area contributed by atoms with Gasteiger partial charge in [0.1, 0.15) is 11.3 Å². The molecule has 5 nitrogen and oxygen atoms in total. The topological polar surface area (TPSA) is 69.4 Å². The van der Waals surface area contributed by atoms with Crippen molar-refractivity contribution in [2.45, 2.75) is 27.2 Å². The van der Waals surface area contributed by atoms with Crippen molar-refractivity contribution >= 4 is 29.2 Å². The summed E-state index contributed by atoms with van der Waals surface area (Å²) in [6, 6.07) is 0. The summed E-state index contributed by atoms with van der Waals surface area (Å²) in [7, 11) is 0. The molecule has 0 amide bonds. The summed E-state index contributed by atoms with van der Waals surface area (Å²) < 4.78 is 0.576. The van der Waals surface area contributed by atoms with Crippen LogP contribution >= 0.6 is 12.2 Å². The van der Waals surface area contributed by atoms with Gasteiger partial charge in [0.25, 0.3) is 0 Å². The number of hydrogen-bond donors (Lipinski definition) is 3. The molecular weight excluding hydrogens is 234 g/mol. The minimum atomic E-state index is 0.576. The number of H-pyrrole nitrogens is 2. The lowest BCUT2D eigenvalue weighted by Crippen LogP contribution is -2.07. The highest BCUT2D eigenvalue weighted by Gasteiger charge is 2.07. The lowest BCUT2D eigenvalue weighted by atomic mass is 10.1. The molecule has 0 saturated heterocycles. The second-order valence-corrected chi connectivity index (χ2v) is 4.94. The predicted molar refractivity (Wildman–Crippen MR) is 71.8 cm³/mol. The summed E-state index contributed by atoms with van der Waals surface area (Å²) in [5.74, 6) is 2.22. The van der Waals surface area contributed by atoms with Gasteiger partial charge in [-0.1, -0.05) is 13.8 Å². The van der Waals surface area contributed by atoms with Gasteiger partial charge in [-0.05, 0) is 31.5 Å². The number of fused-ring (bicyclic) bond motifs is 1. The second kappa shape index (κ2) is 4.83. The summed E-state index contributed by atoms with van der Waals surface area (Å²) in [6.45, 7) is 7.17. The first kappa shape index (κ1) is 12.0. The molecule has 0 fully saturated rings. The van der Waals surface area contributed by atoms with Crippen molar-refractivity contribution in [2.75, 3.05) is 11.9 Å². The van der Waals surface area contributed by atoms with Crippen LogP contribution in [0.1, 0.15) is 26.1 Å². The molecule has 0 radical (unpaired) electrons. The first-order chi connectivity index (χ1) is 8.06. The number of hydrogen-bond acceptors (Lipinski definition) is 4. The summed E-state index contributed by atoms with van der Waals surface area (Å²) >= 11 is 5.06. The van der Waals surface area contributed by atoms with Gasteiger partial charge in [0.15, 0.2) is 16.2 Å². The van der Waals surface area contributed by atoms with Crippen LogP contribution in [0.25, 0.3) is 11.2 Å².